The summed E-state index contributed by atoms with van der Waals surface area (Å²) in [6.07, 6.45) is 1.44. The second kappa shape index (κ2) is 6.27. The summed E-state index contributed by atoms with van der Waals surface area (Å²) >= 11 is 0. The lowest BCUT2D eigenvalue weighted by molar-refractivity contribution is 0.192. The highest BCUT2D eigenvalue weighted by Gasteiger charge is 2.25. The quantitative estimate of drug-likeness (QED) is 0.334. The highest BCUT2D eigenvalue weighted by Crippen LogP contribution is 2.18. The van der Waals surface area contributed by atoms with Gasteiger partial charge in [-0.2, -0.15) is 0 Å². The highest BCUT2D eigenvalue weighted by molar-refractivity contribution is 5.89. The molecule has 0 unspecified atom stereocenters. The molecular formula is C14H20N4O2. The Kier molecular flexibility index (Phi) is 4.45. The van der Waals surface area contributed by atoms with Gasteiger partial charge in [-0.15, -0.1) is 0 Å². The number of urea groups is 1. The number of oxime groups is 1. The van der Waals surface area contributed by atoms with Crippen LogP contribution in [0.5, 0.6) is 0 Å². The maximum atomic E-state index is 12.1. The monoisotopic (exact) mass is 276 g/mol. The molecule has 1 saturated heterocycles. The van der Waals surface area contributed by atoms with Crippen LogP contribution in [0.3, 0.4) is 0 Å². The number of carbonyl (C=O) groups excluding carboxylic acids is 1. The fourth-order valence-electron chi connectivity index (χ4n) is 2.30. The lowest BCUT2D eigenvalue weighted by Gasteiger charge is -2.31. The van der Waals surface area contributed by atoms with Crippen molar-refractivity contribution in [3.8, 4) is 0 Å². The molecule has 0 spiro atoms. The van der Waals surface area contributed by atoms with E-state index in [9.17, 15) is 4.79 Å². The molecule has 1 aromatic carbocycles. The summed E-state index contributed by atoms with van der Waals surface area (Å²) < 4.78 is 0. The minimum atomic E-state index is -0.105. The first kappa shape index (κ1) is 14.2. The molecule has 2 rings (SSSR count). The maximum absolute atomic E-state index is 12.1. The van der Waals surface area contributed by atoms with Crippen LogP contribution in [0.2, 0.25) is 0 Å². The second-order valence-corrected chi connectivity index (χ2v) is 5.08. The summed E-state index contributed by atoms with van der Waals surface area (Å²) in [5.41, 5.74) is 7.53. The Morgan fingerprint density at radius 3 is 2.50 bits per heavy atom. The molecule has 4 N–H and O–H groups in total. The average Bonchev–Trinajstić information content (AvgIpc) is 2.49. The number of amidine groups is 1. The summed E-state index contributed by atoms with van der Waals surface area (Å²) in [5.74, 6) is 0.312. The smallest absolute Gasteiger partial charge is 0.321 e. The molecule has 1 aliphatic rings. The third-order valence-electron chi connectivity index (χ3n) is 3.62. The number of nitrogens with one attached hydrogen (secondary N) is 1. The Hall–Kier alpha value is -2.24. The molecule has 108 valence electrons. The Bertz CT molecular complexity index is 490. The maximum Gasteiger partial charge on any atom is 0.321 e. The number of anilines is 1. The van der Waals surface area contributed by atoms with Gasteiger partial charge in [0, 0.05) is 24.7 Å². The number of piperidine rings is 1. The van der Waals surface area contributed by atoms with Crippen LogP contribution < -0.4 is 11.1 Å². The van der Waals surface area contributed by atoms with E-state index in [1.807, 2.05) is 31.2 Å². The highest BCUT2D eigenvalue weighted by atomic mass is 16.4. The number of likely N-dealkylation sites (tertiary alicyclic amines) is 1. The van der Waals surface area contributed by atoms with Crippen molar-refractivity contribution in [1.82, 2.24) is 4.90 Å². The predicted octanol–water partition coefficient (Wildman–Crippen LogP) is 1.99. The van der Waals surface area contributed by atoms with Crippen molar-refractivity contribution >= 4 is 17.6 Å². The first-order valence-electron chi connectivity index (χ1n) is 6.70. The standard InChI is InChI=1S/C14H20N4O2/c1-10-2-4-12(5-3-10)16-14(19)18-8-6-11(7-9-18)13(15)17-20/h2-5,11,20H,6-9H2,1H3,(H2,15,17)(H,16,19). The molecule has 2 amide bonds. The van der Waals surface area contributed by atoms with E-state index in [1.165, 1.54) is 0 Å². The fourth-order valence-corrected chi connectivity index (χ4v) is 2.30. The van der Waals surface area contributed by atoms with Crippen molar-refractivity contribution in [2.75, 3.05) is 18.4 Å². The van der Waals surface area contributed by atoms with Crippen LogP contribution in [0.25, 0.3) is 0 Å². The van der Waals surface area contributed by atoms with Crippen molar-refractivity contribution in [2.45, 2.75) is 19.8 Å². The Labute approximate surface area is 118 Å². The van der Waals surface area contributed by atoms with Gasteiger partial charge in [-0.3, -0.25) is 0 Å². The number of carbonyl (C=O) groups is 1. The van der Waals surface area contributed by atoms with E-state index in [0.717, 1.165) is 24.1 Å². The third kappa shape index (κ3) is 3.40. The van der Waals surface area contributed by atoms with E-state index >= 15 is 0 Å². The van der Waals surface area contributed by atoms with Gasteiger partial charge in [0.2, 0.25) is 0 Å². The van der Waals surface area contributed by atoms with Gasteiger partial charge in [0.15, 0.2) is 0 Å². The van der Waals surface area contributed by atoms with Crippen molar-refractivity contribution in [3.05, 3.63) is 29.8 Å². The molecule has 0 aromatic heterocycles. The molecule has 1 heterocycles. The lowest BCUT2D eigenvalue weighted by Crippen LogP contribution is -2.43. The zero-order valence-corrected chi connectivity index (χ0v) is 11.5. The zero-order valence-electron chi connectivity index (χ0n) is 11.5. The molecule has 20 heavy (non-hydrogen) atoms. The van der Waals surface area contributed by atoms with Crippen molar-refractivity contribution in [2.24, 2.45) is 16.8 Å². The summed E-state index contributed by atoms with van der Waals surface area (Å²) in [4.78, 5) is 13.9. The first-order chi connectivity index (χ1) is 9.60. The number of amides is 2. The number of aryl methyl sites for hydroxylation is 1. The van der Waals surface area contributed by atoms with Gasteiger partial charge in [-0.1, -0.05) is 22.9 Å². The van der Waals surface area contributed by atoms with Gasteiger partial charge < -0.3 is 21.2 Å². The second-order valence-electron chi connectivity index (χ2n) is 5.08. The Morgan fingerprint density at radius 2 is 1.95 bits per heavy atom. The molecular weight excluding hydrogens is 256 g/mol. The Balaban J connectivity index is 1.87. The van der Waals surface area contributed by atoms with Gasteiger partial charge in [-0.25, -0.2) is 4.79 Å². The minimum absolute atomic E-state index is 0.0587. The van der Waals surface area contributed by atoms with E-state index in [0.29, 0.717) is 13.1 Å². The van der Waals surface area contributed by atoms with Gasteiger partial charge in [-0.05, 0) is 31.9 Å². The molecule has 1 aromatic rings. The SMILES string of the molecule is Cc1ccc(NC(=O)N2CCC(C(N)=NO)CC2)cc1. The molecule has 0 saturated carbocycles. The summed E-state index contributed by atoms with van der Waals surface area (Å²) in [7, 11) is 0. The first-order valence-corrected chi connectivity index (χ1v) is 6.70. The van der Waals surface area contributed by atoms with Crippen molar-refractivity contribution in [1.29, 1.82) is 0 Å². The zero-order chi connectivity index (χ0) is 14.5. The number of benzene rings is 1. The molecule has 0 bridgehead atoms. The molecule has 1 aliphatic heterocycles. The molecule has 0 radical (unpaired) electrons. The predicted molar refractivity (Wildman–Crippen MR) is 77.9 cm³/mol. The Morgan fingerprint density at radius 1 is 1.35 bits per heavy atom. The number of hydrogen-bond donors (Lipinski definition) is 3. The third-order valence-corrected chi connectivity index (χ3v) is 3.62. The molecule has 0 atom stereocenters. The van der Waals surface area contributed by atoms with Gasteiger partial charge >= 0.3 is 6.03 Å². The largest absolute Gasteiger partial charge is 0.409 e. The molecule has 6 heteroatoms. The number of nitrogens with zero attached hydrogens (tertiary/aromatic N) is 2. The average molecular weight is 276 g/mol. The van der Waals surface area contributed by atoms with Crippen LogP contribution in [0, 0.1) is 12.8 Å². The topological polar surface area (TPSA) is 91.0 Å². The molecule has 0 aliphatic carbocycles. The summed E-state index contributed by atoms with van der Waals surface area (Å²) in [5, 5.41) is 14.6. The van der Waals surface area contributed by atoms with Gasteiger partial charge in [0.25, 0.3) is 0 Å². The van der Waals surface area contributed by atoms with Crippen molar-refractivity contribution < 1.29 is 10.0 Å². The van der Waals surface area contributed by atoms with Crippen LogP contribution in [0.4, 0.5) is 10.5 Å². The van der Waals surface area contributed by atoms with Crippen molar-refractivity contribution in [3.63, 3.8) is 0 Å². The van der Waals surface area contributed by atoms with E-state index in [2.05, 4.69) is 10.5 Å². The summed E-state index contributed by atoms with van der Waals surface area (Å²) in [6.45, 7) is 3.22. The van der Waals surface area contributed by atoms with E-state index in [1.54, 1.807) is 4.90 Å². The number of nitrogens with two attached hydrogens (primary N) is 1. The normalized spacial score (nSPS) is 17.1. The van der Waals surface area contributed by atoms with Crippen LogP contribution in [0.15, 0.2) is 29.4 Å². The van der Waals surface area contributed by atoms with Crippen LogP contribution in [0.1, 0.15) is 18.4 Å². The van der Waals surface area contributed by atoms with Crippen LogP contribution >= 0.6 is 0 Å². The van der Waals surface area contributed by atoms with Crippen LogP contribution in [-0.2, 0) is 0 Å². The van der Waals surface area contributed by atoms with E-state index < -0.39 is 0 Å². The number of rotatable bonds is 2. The number of hydrogen-bond acceptors (Lipinski definition) is 3. The van der Waals surface area contributed by atoms with E-state index in [4.69, 9.17) is 10.9 Å². The summed E-state index contributed by atoms with van der Waals surface area (Å²) in [6, 6.07) is 7.58. The van der Waals surface area contributed by atoms with Gasteiger partial charge in [0.1, 0.15) is 5.84 Å². The fraction of sp³-hybridized carbons (Fsp3) is 0.429. The minimum Gasteiger partial charge on any atom is -0.409 e. The van der Waals surface area contributed by atoms with E-state index in [-0.39, 0.29) is 17.8 Å². The van der Waals surface area contributed by atoms with Crippen LogP contribution in [-0.4, -0.2) is 35.1 Å². The lowest BCUT2D eigenvalue weighted by atomic mass is 9.96. The molecule has 6 nitrogen and oxygen atoms in total. The molecule has 1 fully saturated rings. The van der Waals surface area contributed by atoms with Gasteiger partial charge in [0.05, 0.1) is 0 Å².